The fourth-order valence-electron chi connectivity index (χ4n) is 1.68. The molecule has 1 heterocycles. The lowest BCUT2D eigenvalue weighted by atomic mass is 10.2. The van der Waals surface area contributed by atoms with Gasteiger partial charge in [-0.25, -0.2) is 10.5 Å². The molecule has 1 amide bonds. The number of nitrogens with one attached hydrogen (secondary N) is 1. The third kappa shape index (κ3) is 4.05. The van der Waals surface area contributed by atoms with Gasteiger partial charge < -0.3 is 0 Å². The highest BCUT2D eigenvalue weighted by molar-refractivity contribution is 6.29. The Morgan fingerprint density at radius 1 is 1.30 bits per heavy atom. The van der Waals surface area contributed by atoms with E-state index in [-0.39, 0.29) is 5.91 Å². The Hall–Kier alpha value is -1.91. The Bertz CT molecular complexity index is 588. The van der Waals surface area contributed by atoms with Gasteiger partial charge in [-0.2, -0.15) is 0 Å². The van der Waals surface area contributed by atoms with E-state index < -0.39 is 0 Å². The maximum Gasteiger partial charge on any atom is 0.275 e. The molecule has 0 spiro atoms. The normalized spacial score (nSPS) is 10.3. The molecule has 0 saturated carbocycles. The van der Waals surface area contributed by atoms with Crippen LogP contribution >= 0.6 is 11.6 Å². The summed E-state index contributed by atoms with van der Waals surface area (Å²) < 4.78 is 0. The van der Waals surface area contributed by atoms with Crippen LogP contribution in [0.15, 0.2) is 42.5 Å². The molecule has 4 nitrogen and oxygen atoms in total. The van der Waals surface area contributed by atoms with E-state index >= 15 is 0 Å². The average Bonchev–Trinajstić information content (AvgIpc) is 2.47. The first-order valence-corrected chi connectivity index (χ1v) is 6.69. The van der Waals surface area contributed by atoms with E-state index in [2.05, 4.69) is 10.5 Å². The van der Waals surface area contributed by atoms with Gasteiger partial charge in [0.25, 0.3) is 5.91 Å². The number of carbonyl (C=O) groups is 1. The Morgan fingerprint density at radius 2 is 2.05 bits per heavy atom. The number of halogens is 1. The highest BCUT2D eigenvalue weighted by Crippen LogP contribution is 2.11. The Labute approximate surface area is 122 Å². The second kappa shape index (κ2) is 7.03. The second-order valence-corrected chi connectivity index (χ2v) is 4.62. The number of hydrogen-bond donors (Lipinski definition) is 1. The van der Waals surface area contributed by atoms with Crippen LogP contribution in [0.4, 0.5) is 0 Å². The van der Waals surface area contributed by atoms with Gasteiger partial charge in [0.15, 0.2) is 0 Å². The van der Waals surface area contributed by atoms with Gasteiger partial charge in [0.2, 0.25) is 0 Å². The third-order valence-electron chi connectivity index (χ3n) is 2.72. The number of amides is 1. The highest BCUT2D eigenvalue weighted by atomic mass is 35.5. The molecule has 2 rings (SSSR count). The molecular weight excluding hydrogens is 276 g/mol. The number of benzene rings is 1. The maximum absolute atomic E-state index is 11.9. The van der Waals surface area contributed by atoms with Crippen molar-refractivity contribution in [3.63, 3.8) is 0 Å². The molecule has 0 aliphatic rings. The molecule has 20 heavy (non-hydrogen) atoms. The fraction of sp³-hybridized carbons (Fsp3) is 0.200. The van der Waals surface area contributed by atoms with E-state index in [4.69, 9.17) is 16.4 Å². The minimum Gasteiger partial charge on any atom is -0.269 e. The van der Waals surface area contributed by atoms with Crippen molar-refractivity contribution in [2.45, 2.75) is 20.0 Å². The van der Waals surface area contributed by atoms with Crippen LogP contribution in [0.3, 0.4) is 0 Å². The van der Waals surface area contributed by atoms with Crippen molar-refractivity contribution in [3.05, 3.63) is 64.4 Å². The summed E-state index contributed by atoms with van der Waals surface area (Å²) in [4.78, 5) is 21.2. The minimum absolute atomic E-state index is 0.303. The zero-order valence-electron chi connectivity index (χ0n) is 11.1. The van der Waals surface area contributed by atoms with Gasteiger partial charge in [0, 0.05) is 11.3 Å². The Morgan fingerprint density at radius 3 is 2.75 bits per heavy atom. The number of aryl methyl sites for hydroxylation is 1. The lowest BCUT2D eigenvalue weighted by molar-refractivity contribution is 0.0233. The number of aromatic nitrogens is 1. The Balaban J connectivity index is 1.93. The first-order valence-electron chi connectivity index (χ1n) is 6.31. The van der Waals surface area contributed by atoms with Crippen molar-refractivity contribution in [2.75, 3.05) is 0 Å². The second-order valence-electron chi connectivity index (χ2n) is 4.23. The standard InChI is InChI=1S/C15H15ClN2O2/c1-2-13-8-12(9-14(16)17-13)15(19)18-20-10-11-6-4-3-5-7-11/h3-9H,2,10H2,1H3,(H,18,19). The van der Waals surface area contributed by atoms with E-state index in [0.29, 0.717) is 23.7 Å². The lowest BCUT2D eigenvalue weighted by Gasteiger charge is -2.07. The van der Waals surface area contributed by atoms with E-state index in [1.165, 1.54) is 6.07 Å². The summed E-state index contributed by atoms with van der Waals surface area (Å²) >= 11 is 5.87. The molecule has 5 heteroatoms. The molecule has 1 N–H and O–H groups in total. The van der Waals surface area contributed by atoms with Crippen molar-refractivity contribution in [2.24, 2.45) is 0 Å². The average molecular weight is 291 g/mol. The lowest BCUT2D eigenvalue weighted by Crippen LogP contribution is -2.23. The molecule has 104 valence electrons. The molecule has 2 aromatic rings. The number of pyridine rings is 1. The molecule has 0 aliphatic carbocycles. The fourth-order valence-corrected chi connectivity index (χ4v) is 1.91. The van der Waals surface area contributed by atoms with Crippen LogP contribution in [0.5, 0.6) is 0 Å². The number of hydrogen-bond acceptors (Lipinski definition) is 3. The largest absolute Gasteiger partial charge is 0.275 e. The summed E-state index contributed by atoms with van der Waals surface area (Å²) in [6.07, 6.45) is 0.714. The molecule has 0 bridgehead atoms. The van der Waals surface area contributed by atoms with Gasteiger partial charge in [-0.3, -0.25) is 9.63 Å². The molecule has 1 aromatic heterocycles. The van der Waals surface area contributed by atoms with Crippen LogP contribution < -0.4 is 5.48 Å². The highest BCUT2D eigenvalue weighted by Gasteiger charge is 2.08. The van der Waals surface area contributed by atoms with E-state index in [0.717, 1.165) is 11.3 Å². The molecule has 0 atom stereocenters. The summed E-state index contributed by atoms with van der Waals surface area (Å²) in [6.45, 7) is 2.26. The maximum atomic E-state index is 11.9. The predicted molar refractivity (Wildman–Crippen MR) is 77.3 cm³/mol. The quantitative estimate of drug-likeness (QED) is 0.680. The number of rotatable bonds is 5. The molecule has 0 radical (unpaired) electrons. The molecule has 0 aliphatic heterocycles. The van der Waals surface area contributed by atoms with Crippen LogP contribution in [0.2, 0.25) is 5.15 Å². The molecule has 0 unspecified atom stereocenters. The van der Waals surface area contributed by atoms with Crippen LogP contribution in [0.25, 0.3) is 0 Å². The van der Waals surface area contributed by atoms with E-state index in [1.807, 2.05) is 37.3 Å². The van der Waals surface area contributed by atoms with Crippen LogP contribution in [0.1, 0.15) is 28.5 Å². The van der Waals surface area contributed by atoms with Gasteiger partial charge in [-0.1, -0.05) is 48.9 Å². The number of nitrogens with zero attached hydrogens (tertiary/aromatic N) is 1. The predicted octanol–water partition coefficient (Wildman–Crippen LogP) is 3.16. The first kappa shape index (κ1) is 14.5. The number of hydroxylamine groups is 1. The van der Waals surface area contributed by atoms with Crippen LogP contribution in [0, 0.1) is 0 Å². The minimum atomic E-state index is -0.333. The third-order valence-corrected chi connectivity index (χ3v) is 2.91. The van der Waals surface area contributed by atoms with Gasteiger partial charge >= 0.3 is 0 Å². The van der Waals surface area contributed by atoms with Crippen molar-refractivity contribution in [3.8, 4) is 0 Å². The molecule has 0 fully saturated rings. The van der Waals surface area contributed by atoms with Gasteiger partial charge in [-0.15, -0.1) is 0 Å². The monoisotopic (exact) mass is 290 g/mol. The van der Waals surface area contributed by atoms with Crippen molar-refractivity contribution in [1.29, 1.82) is 0 Å². The smallest absolute Gasteiger partial charge is 0.269 e. The van der Waals surface area contributed by atoms with Gasteiger partial charge in [0.1, 0.15) is 5.15 Å². The topological polar surface area (TPSA) is 51.2 Å². The zero-order chi connectivity index (χ0) is 14.4. The Kier molecular flexibility index (Phi) is 5.09. The molecule has 1 aromatic carbocycles. The van der Waals surface area contributed by atoms with E-state index in [9.17, 15) is 4.79 Å². The van der Waals surface area contributed by atoms with Gasteiger partial charge in [-0.05, 0) is 24.1 Å². The summed E-state index contributed by atoms with van der Waals surface area (Å²) in [5.74, 6) is -0.333. The summed E-state index contributed by atoms with van der Waals surface area (Å²) in [6, 6.07) is 12.8. The SMILES string of the molecule is CCc1cc(C(=O)NOCc2ccccc2)cc(Cl)n1. The first-order chi connectivity index (χ1) is 9.69. The summed E-state index contributed by atoms with van der Waals surface area (Å²) in [5, 5.41) is 0.303. The summed E-state index contributed by atoms with van der Waals surface area (Å²) in [5.41, 5.74) is 4.59. The molecule has 0 saturated heterocycles. The molecular formula is C15H15ClN2O2. The number of carbonyl (C=O) groups excluding carboxylic acids is 1. The van der Waals surface area contributed by atoms with E-state index in [1.54, 1.807) is 6.07 Å². The zero-order valence-corrected chi connectivity index (χ0v) is 11.9. The van der Waals surface area contributed by atoms with Gasteiger partial charge in [0.05, 0.1) is 6.61 Å². The van der Waals surface area contributed by atoms with Crippen LogP contribution in [-0.4, -0.2) is 10.9 Å². The summed E-state index contributed by atoms with van der Waals surface area (Å²) in [7, 11) is 0. The van der Waals surface area contributed by atoms with Crippen LogP contribution in [-0.2, 0) is 17.9 Å². The van der Waals surface area contributed by atoms with Crippen molar-refractivity contribution in [1.82, 2.24) is 10.5 Å². The van der Waals surface area contributed by atoms with Crippen molar-refractivity contribution < 1.29 is 9.63 Å². The van der Waals surface area contributed by atoms with Crippen molar-refractivity contribution >= 4 is 17.5 Å².